The van der Waals surface area contributed by atoms with Gasteiger partial charge in [0.05, 0.1) is 5.69 Å². The molecule has 3 heteroatoms. The fourth-order valence-electron chi connectivity index (χ4n) is 7.00. The number of benzene rings is 6. The van der Waals surface area contributed by atoms with Gasteiger partial charge in [-0.2, -0.15) is 0 Å². The third kappa shape index (κ3) is 6.80. The Kier molecular flexibility index (Phi) is 9.28. The van der Waals surface area contributed by atoms with E-state index < -0.39 is 0 Å². The smallest absolute Gasteiger partial charge is 0.0702 e. The maximum atomic E-state index is 4.79. The van der Waals surface area contributed by atoms with E-state index in [2.05, 4.69) is 190 Å². The SMILES string of the molecule is CC(C)c1cccc(N(c2cc(-c3ccccc3)cc(-c3ccccn3)c2)c2cc(-c3cccc4sc(-c5ccccc5)cc34)cc(C(C)C)c2)c1. The molecule has 0 spiro atoms. The minimum absolute atomic E-state index is 0.337. The van der Waals surface area contributed by atoms with Crippen LogP contribution in [0.1, 0.15) is 50.7 Å². The quantitative estimate of drug-likeness (QED) is 0.150. The zero-order chi connectivity index (χ0) is 35.6. The van der Waals surface area contributed by atoms with E-state index in [9.17, 15) is 0 Å². The largest absolute Gasteiger partial charge is 0.310 e. The molecule has 0 N–H and O–H groups in total. The van der Waals surface area contributed by atoms with Crippen LogP contribution in [0.4, 0.5) is 17.1 Å². The van der Waals surface area contributed by atoms with Crippen molar-refractivity contribution in [2.45, 2.75) is 39.5 Å². The monoisotopic (exact) mass is 690 g/mol. The zero-order valence-corrected chi connectivity index (χ0v) is 30.9. The lowest BCUT2D eigenvalue weighted by molar-refractivity contribution is 0.865. The normalized spacial score (nSPS) is 11.4. The Morgan fingerprint density at radius 3 is 1.85 bits per heavy atom. The van der Waals surface area contributed by atoms with Crippen LogP contribution in [0.2, 0.25) is 0 Å². The van der Waals surface area contributed by atoms with Gasteiger partial charge in [0.2, 0.25) is 0 Å². The maximum Gasteiger partial charge on any atom is 0.0702 e. The van der Waals surface area contributed by atoms with E-state index in [1.54, 1.807) is 0 Å². The third-order valence-corrected chi connectivity index (χ3v) is 11.0. The molecule has 0 aliphatic heterocycles. The first-order valence-electron chi connectivity index (χ1n) is 18.2. The zero-order valence-electron chi connectivity index (χ0n) is 30.1. The van der Waals surface area contributed by atoms with Crippen LogP contribution in [0.25, 0.3) is 54.0 Å². The molecule has 8 rings (SSSR count). The second-order valence-electron chi connectivity index (χ2n) is 14.1. The van der Waals surface area contributed by atoms with Gasteiger partial charge in [-0.3, -0.25) is 4.98 Å². The van der Waals surface area contributed by atoms with Gasteiger partial charge in [-0.15, -0.1) is 11.3 Å². The van der Waals surface area contributed by atoms with Crippen LogP contribution < -0.4 is 4.90 Å². The minimum Gasteiger partial charge on any atom is -0.310 e. The molecule has 6 aromatic carbocycles. The summed E-state index contributed by atoms with van der Waals surface area (Å²) < 4.78 is 1.30. The van der Waals surface area contributed by atoms with Crippen LogP contribution in [0, 0.1) is 0 Å². The minimum atomic E-state index is 0.337. The summed E-state index contributed by atoms with van der Waals surface area (Å²) >= 11 is 1.86. The Labute approximate surface area is 311 Å². The Hall–Kier alpha value is -5.77. The highest BCUT2D eigenvalue weighted by atomic mass is 32.1. The Morgan fingerprint density at radius 2 is 1.12 bits per heavy atom. The molecule has 0 bridgehead atoms. The topological polar surface area (TPSA) is 16.1 Å². The lowest BCUT2D eigenvalue weighted by Crippen LogP contribution is -2.12. The Bertz CT molecular complexity index is 2400. The van der Waals surface area contributed by atoms with Crippen LogP contribution >= 0.6 is 11.3 Å². The summed E-state index contributed by atoms with van der Waals surface area (Å²) in [6.07, 6.45) is 1.88. The molecule has 0 aliphatic rings. The van der Waals surface area contributed by atoms with Crippen molar-refractivity contribution in [1.29, 1.82) is 0 Å². The van der Waals surface area contributed by atoms with Crippen molar-refractivity contribution in [3.05, 3.63) is 181 Å². The van der Waals surface area contributed by atoms with E-state index in [4.69, 9.17) is 4.98 Å². The molecule has 2 heterocycles. The number of hydrogen-bond donors (Lipinski definition) is 0. The van der Waals surface area contributed by atoms with Crippen LogP contribution in [0.3, 0.4) is 0 Å². The second kappa shape index (κ2) is 14.5. The molecular weight excluding hydrogens is 649 g/mol. The average molecular weight is 691 g/mol. The summed E-state index contributed by atoms with van der Waals surface area (Å²) in [5.74, 6) is 0.734. The van der Waals surface area contributed by atoms with Crippen molar-refractivity contribution in [3.63, 3.8) is 0 Å². The van der Waals surface area contributed by atoms with E-state index in [1.165, 1.54) is 48.3 Å². The molecule has 0 saturated heterocycles. The number of anilines is 3. The molecule has 52 heavy (non-hydrogen) atoms. The molecule has 0 atom stereocenters. The molecule has 0 unspecified atom stereocenters. The van der Waals surface area contributed by atoms with Gasteiger partial charge in [0.15, 0.2) is 0 Å². The van der Waals surface area contributed by atoms with E-state index in [-0.39, 0.29) is 0 Å². The molecule has 0 aliphatic carbocycles. The molecule has 254 valence electrons. The summed E-state index contributed by atoms with van der Waals surface area (Å²) in [7, 11) is 0. The highest BCUT2D eigenvalue weighted by Gasteiger charge is 2.20. The summed E-state index contributed by atoms with van der Waals surface area (Å²) in [4.78, 5) is 8.53. The van der Waals surface area contributed by atoms with Gasteiger partial charge in [-0.25, -0.2) is 0 Å². The van der Waals surface area contributed by atoms with E-state index in [0.29, 0.717) is 11.8 Å². The molecular formula is C49H42N2S. The average Bonchev–Trinajstić information content (AvgIpc) is 3.64. The number of rotatable bonds is 9. The summed E-state index contributed by atoms with van der Waals surface area (Å²) in [5, 5.41) is 1.29. The van der Waals surface area contributed by atoms with Crippen molar-refractivity contribution >= 4 is 38.5 Å². The standard InChI is InChI=1S/C49H42N2S/c1-33(2)37-19-13-20-42(27-37)51(44-29-39(35-15-7-5-8-16-35)26-41(31-44)47-22-11-12-24-50-47)43-28-38(34(3)4)25-40(30-43)45-21-14-23-48-46(45)32-49(52-48)36-17-9-6-10-18-36/h5-34H,1-4H3. The molecule has 0 fully saturated rings. The molecule has 2 nitrogen and oxygen atoms in total. The van der Waals surface area contributed by atoms with Crippen LogP contribution in [-0.2, 0) is 0 Å². The maximum absolute atomic E-state index is 4.79. The lowest BCUT2D eigenvalue weighted by atomic mass is 9.93. The van der Waals surface area contributed by atoms with Gasteiger partial charge in [0.1, 0.15) is 0 Å². The third-order valence-electron chi connectivity index (χ3n) is 9.83. The molecule has 2 aromatic heterocycles. The van der Waals surface area contributed by atoms with Gasteiger partial charge in [0.25, 0.3) is 0 Å². The van der Waals surface area contributed by atoms with E-state index in [0.717, 1.165) is 33.9 Å². The van der Waals surface area contributed by atoms with Crippen molar-refractivity contribution in [2.75, 3.05) is 4.90 Å². The second-order valence-corrected chi connectivity index (χ2v) is 15.2. The number of aromatic nitrogens is 1. The van der Waals surface area contributed by atoms with Gasteiger partial charge >= 0.3 is 0 Å². The van der Waals surface area contributed by atoms with E-state index >= 15 is 0 Å². The number of nitrogens with zero attached hydrogens (tertiary/aromatic N) is 2. The van der Waals surface area contributed by atoms with Crippen LogP contribution in [0.5, 0.6) is 0 Å². The van der Waals surface area contributed by atoms with Crippen molar-refractivity contribution in [1.82, 2.24) is 4.98 Å². The number of thiophene rings is 1. The predicted molar refractivity (Wildman–Crippen MR) is 224 cm³/mol. The van der Waals surface area contributed by atoms with Crippen LogP contribution in [-0.4, -0.2) is 4.98 Å². The van der Waals surface area contributed by atoms with Crippen LogP contribution in [0.15, 0.2) is 170 Å². The number of pyridine rings is 1. The number of fused-ring (bicyclic) bond motifs is 1. The van der Waals surface area contributed by atoms with Crippen molar-refractivity contribution < 1.29 is 0 Å². The summed E-state index contributed by atoms with van der Waals surface area (Å²) in [6, 6.07) is 59.7. The van der Waals surface area contributed by atoms with Gasteiger partial charge in [-0.1, -0.05) is 125 Å². The fraction of sp³-hybridized carbons (Fsp3) is 0.122. The Morgan fingerprint density at radius 1 is 0.462 bits per heavy atom. The lowest BCUT2D eigenvalue weighted by Gasteiger charge is -2.29. The van der Waals surface area contributed by atoms with Crippen molar-refractivity contribution in [2.24, 2.45) is 0 Å². The number of hydrogen-bond acceptors (Lipinski definition) is 3. The summed E-state index contributed by atoms with van der Waals surface area (Å²) in [5.41, 5.74) is 14.1. The molecule has 0 saturated carbocycles. The van der Waals surface area contributed by atoms with Gasteiger partial charge < -0.3 is 4.90 Å². The first-order valence-corrected chi connectivity index (χ1v) is 19.0. The molecule has 8 aromatic rings. The highest BCUT2D eigenvalue weighted by Crippen LogP contribution is 2.44. The fourth-order valence-corrected chi connectivity index (χ4v) is 8.09. The summed E-state index contributed by atoms with van der Waals surface area (Å²) in [6.45, 7) is 9.11. The first kappa shape index (κ1) is 33.4. The van der Waals surface area contributed by atoms with Gasteiger partial charge in [-0.05, 0) is 118 Å². The predicted octanol–water partition coefficient (Wildman–Crippen LogP) is 14.7. The Balaban J connectivity index is 1.37. The first-order chi connectivity index (χ1) is 25.4. The molecule has 0 radical (unpaired) electrons. The molecule has 0 amide bonds. The van der Waals surface area contributed by atoms with Gasteiger partial charge in [0, 0.05) is 43.8 Å². The van der Waals surface area contributed by atoms with Crippen molar-refractivity contribution in [3.8, 4) is 44.0 Å². The highest BCUT2D eigenvalue weighted by molar-refractivity contribution is 7.22. The van der Waals surface area contributed by atoms with E-state index in [1.807, 2.05) is 23.6 Å².